The summed E-state index contributed by atoms with van der Waals surface area (Å²) >= 11 is 4.10. The summed E-state index contributed by atoms with van der Waals surface area (Å²) < 4.78 is 5.41. The number of rotatable bonds is 6. The molecule has 0 aromatic rings. The first-order chi connectivity index (χ1) is 6.74. The predicted molar refractivity (Wildman–Crippen MR) is 63.2 cm³/mol. The van der Waals surface area contributed by atoms with Crippen molar-refractivity contribution in [2.45, 2.75) is 12.5 Å². The van der Waals surface area contributed by atoms with Crippen LogP contribution in [0.2, 0.25) is 0 Å². The first-order valence-corrected chi connectivity index (χ1v) is 5.94. The average molecular weight is 218 g/mol. The summed E-state index contributed by atoms with van der Waals surface area (Å²) in [6.07, 6.45) is 1.29. The molecule has 1 heterocycles. The van der Waals surface area contributed by atoms with Crippen molar-refractivity contribution in [2.24, 2.45) is 0 Å². The molecule has 0 spiro atoms. The summed E-state index contributed by atoms with van der Waals surface area (Å²) in [5, 5.41) is 0. The molecule has 1 aliphatic heterocycles. The van der Waals surface area contributed by atoms with Gasteiger partial charge in [0.2, 0.25) is 0 Å². The van der Waals surface area contributed by atoms with Gasteiger partial charge in [0.15, 0.2) is 0 Å². The van der Waals surface area contributed by atoms with Crippen LogP contribution in [0.15, 0.2) is 0 Å². The van der Waals surface area contributed by atoms with Crippen molar-refractivity contribution in [1.29, 1.82) is 0 Å². The minimum absolute atomic E-state index is 0.736. The second kappa shape index (κ2) is 6.67. The Kier molecular flexibility index (Phi) is 5.86. The van der Waals surface area contributed by atoms with Gasteiger partial charge in [-0.3, -0.25) is 4.90 Å². The zero-order valence-corrected chi connectivity index (χ0v) is 10.2. The van der Waals surface area contributed by atoms with Gasteiger partial charge in [-0.15, -0.1) is 0 Å². The minimum atomic E-state index is 0.736. The lowest BCUT2D eigenvalue weighted by molar-refractivity contribution is 0.121. The second-order valence-corrected chi connectivity index (χ2v) is 4.49. The van der Waals surface area contributed by atoms with Gasteiger partial charge in [0.25, 0.3) is 0 Å². The lowest BCUT2D eigenvalue weighted by Crippen LogP contribution is -2.32. The van der Waals surface area contributed by atoms with Crippen LogP contribution >= 0.6 is 12.6 Å². The molecule has 1 rings (SSSR count). The van der Waals surface area contributed by atoms with E-state index in [9.17, 15) is 0 Å². The number of hydrogen-bond acceptors (Lipinski definition) is 4. The number of likely N-dealkylation sites (N-methyl/N-ethyl adjacent to an activating group) is 1. The first-order valence-electron chi connectivity index (χ1n) is 5.31. The van der Waals surface area contributed by atoms with Crippen molar-refractivity contribution >= 4 is 12.6 Å². The van der Waals surface area contributed by atoms with Gasteiger partial charge in [0, 0.05) is 24.9 Å². The van der Waals surface area contributed by atoms with Crippen molar-refractivity contribution < 1.29 is 4.74 Å². The molecule has 3 nitrogen and oxygen atoms in total. The Morgan fingerprint density at radius 1 is 1.43 bits per heavy atom. The molecule has 0 aromatic carbocycles. The Labute approximate surface area is 92.8 Å². The highest BCUT2D eigenvalue weighted by Crippen LogP contribution is 2.12. The van der Waals surface area contributed by atoms with Crippen LogP contribution < -0.4 is 0 Å². The molecule has 0 saturated carbocycles. The molecule has 0 radical (unpaired) electrons. The normalized spacial score (nSPS) is 23.6. The SMILES string of the molecule is CN(C)C1CCN(CCOCCS)C1. The third kappa shape index (κ3) is 4.17. The zero-order valence-electron chi connectivity index (χ0n) is 9.28. The summed E-state index contributed by atoms with van der Waals surface area (Å²) in [6.45, 7) is 5.09. The highest BCUT2D eigenvalue weighted by atomic mass is 32.1. The lowest BCUT2D eigenvalue weighted by atomic mass is 10.2. The third-order valence-corrected chi connectivity index (χ3v) is 2.95. The summed E-state index contributed by atoms with van der Waals surface area (Å²) in [7, 11) is 4.32. The molecule has 1 atom stereocenters. The van der Waals surface area contributed by atoms with Crippen molar-refractivity contribution in [3.63, 3.8) is 0 Å². The molecule has 1 aliphatic rings. The Hall–Kier alpha value is 0.230. The van der Waals surface area contributed by atoms with Crippen LogP contribution in [0, 0.1) is 0 Å². The molecule has 1 unspecified atom stereocenters. The number of nitrogens with zero attached hydrogens (tertiary/aromatic N) is 2. The lowest BCUT2D eigenvalue weighted by Gasteiger charge is -2.20. The smallest absolute Gasteiger partial charge is 0.0593 e. The summed E-state index contributed by atoms with van der Waals surface area (Å²) in [6, 6.07) is 0.736. The zero-order chi connectivity index (χ0) is 10.4. The Balaban J connectivity index is 2.04. The molecule has 0 bridgehead atoms. The highest BCUT2D eigenvalue weighted by molar-refractivity contribution is 7.80. The molecule has 1 saturated heterocycles. The maximum absolute atomic E-state index is 5.41. The van der Waals surface area contributed by atoms with Gasteiger partial charge < -0.3 is 9.64 Å². The van der Waals surface area contributed by atoms with E-state index < -0.39 is 0 Å². The summed E-state index contributed by atoms with van der Waals surface area (Å²) in [4.78, 5) is 4.79. The summed E-state index contributed by atoms with van der Waals surface area (Å²) in [5.74, 6) is 0.820. The van der Waals surface area contributed by atoms with Crippen molar-refractivity contribution in [1.82, 2.24) is 9.80 Å². The Morgan fingerprint density at radius 2 is 2.21 bits per heavy atom. The van der Waals surface area contributed by atoms with E-state index in [0.717, 1.165) is 31.6 Å². The van der Waals surface area contributed by atoms with Crippen LogP contribution in [-0.4, -0.2) is 68.5 Å². The molecule has 0 N–H and O–H groups in total. The predicted octanol–water partition coefficient (Wildman–Crippen LogP) is 0.569. The molecule has 4 heteroatoms. The Bertz CT molecular complexity index is 155. The Morgan fingerprint density at radius 3 is 2.79 bits per heavy atom. The molecular formula is C10H22N2OS. The molecule has 84 valence electrons. The van der Waals surface area contributed by atoms with E-state index in [0.29, 0.717) is 0 Å². The number of likely N-dealkylation sites (tertiary alicyclic amines) is 1. The third-order valence-electron chi connectivity index (χ3n) is 2.77. The van der Waals surface area contributed by atoms with Crippen LogP contribution in [0.5, 0.6) is 0 Å². The van der Waals surface area contributed by atoms with E-state index in [1.807, 2.05) is 0 Å². The first kappa shape index (κ1) is 12.3. The van der Waals surface area contributed by atoms with E-state index in [1.165, 1.54) is 19.5 Å². The van der Waals surface area contributed by atoms with Gasteiger partial charge in [0.1, 0.15) is 0 Å². The van der Waals surface area contributed by atoms with Gasteiger partial charge >= 0.3 is 0 Å². The van der Waals surface area contributed by atoms with Gasteiger partial charge in [-0.05, 0) is 27.1 Å². The molecule has 0 aliphatic carbocycles. The molecule has 0 amide bonds. The van der Waals surface area contributed by atoms with Crippen LogP contribution in [0.25, 0.3) is 0 Å². The molecule has 14 heavy (non-hydrogen) atoms. The van der Waals surface area contributed by atoms with Crippen molar-refractivity contribution in [3.8, 4) is 0 Å². The average Bonchev–Trinajstić information content (AvgIpc) is 2.61. The number of thiol groups is 1. The van der Waals surface area contributed by atoms with E-state index in [4.69, 9.17) is 4.74 Å². The van der Waals surface area contributed by atoms with Crippen molar-refractivity contribution in [3.05, 3.63) is 0 Å². The van der Waals surface area contributed by atoms with Gasteiger partial charge in [-0.25, -0.2) is 0 Å². The fourth-order valence-corrected chi connectivity index (χ4v) is 1.93. The summed E-state index contributed by atoms with van der Waals surface area (Å²) in [5.41, 5.74) is 0. The number of hydrogen-bond donors (Lipinski definition) is 1. The fourth-order valence-electron chi connectivity index (χ4n) is 1.80. The molecular weight excluding hydrogens is 196 g/mol. The number of ether oxygens (including phenoxy) is 1. The van der Waals surface area contributed by atoms with Crippen LogP contribution in [0.4, 0.5) is 0 Å². The van der Waals surface area contributed by atoms with E-state index in [2.05, 4.69) is 36.5 Å². The highest BCUT2D eigenvalue weighted by Gasteiger charge is 2.23. The molecule has 0 aromatic heterocycles. The van der Waals surface area contributed by atoms with Crippen molar-refractivity contribution in [2.75, 3.05) is 52.7 Å². The maximum atomic E-state index is 5.41. The topological polar surface area (TPSA) is 15.7 Å². The van der Waals surface area contributed by atoms with E-state index in [-0.39, 0.29) is 0 Å². The largest absolute Gasteiger partial charge is 0.379 e. The van der Waals surface area contributed by atoms with E-state index in [1.54, 1.807) is 0 Å². The second-order valence-electron chi connectivity index (χ2n) is 4.04. The minimum Gasteiger partial charge on any atom is -0.379 e. The fraction of sp³-hybridized carbons (Fsp3) is 1.00. The van der Waals surface area contributed by atoms with Crippen LogP contribution in [-0.2, 0) is 4.74 Å². The van der Waals surface area contributed by atoms with Gasteiger partial charge in [-0.1, -0.05) is 0 Å². The standard InChI is InChI=1S/C10H22N2OS/c1-11(2)10-3-4-12(9-10)5-6-13-7-8-14/h10,14H,3-9H2,1-2H3. The monoisotopic (exact) mass is 218 g/mol. The van der Waals surface area contributed by atoms with E-state index >= 15 is 0 Å². The van der Waals surface area contributed by atoms with Crippen LogP contribution in [0.3, 0.4) is 0 Å². The van der Waals surface area contributed by atoms with Crippen LogP contribution in [0.1, 0.15) is 6.42 Å². The van der Waals surface area contributed by atoms with Gasteiger partial charge in [-0.2, -0.15) is 12.6 Å². The molecule has 1 fully saturated rings. The quantitative estimate of drug-likeness (QED) is 0.518. The maximum Gasteiger partial charge on any atom is 0.0593 e. The van der Waals surface area contributed by atoms with Gasteiger partial charge in [0.05, 0.1) is 13.2 Å².